The number of aliphatic hydroxyl groups excluding tert-OH is 1. The molecule has 9 heteroatoms. The molecule has 2 aromatic rings. The number of fused-ring (bicyclic) bond motifs is 2. The summed E-state index contributed by atoms with van der Waals surface area (Å²) < 4.78 is 13.5. The number of aromatic nitrogens is 1. The molecule has 1 saturated heterocycles. The molecule has 2 fully saturated rings. The Bertz CT molecular complexity index is 1390. The highest BCUT2D eigenvalue weighted by Gasteiger charge is 2.52. The van der Waals surface area contributed by atoms with Gasteiger partial charge in [0.1, 0.15) is 17.7 Å². The van der Waals surface area contributed by atoms with Gasteiger partial charge < -0.3 is 20.3 Å². The molecule has 46 heavy (non-hydrogen) atoms. The topological polar surface area (TPSA) is 132 Å². The molecule has 2 aliphatic rings. The van der Waals surface area contributed by atoms with Crippen molar-refractivity contribution in [1.82, 2.24) is 4.98 Å². The van der Waals surface area contributed by atoms with E-state index < -0.39 is 23.5 Å². The molecule has 2 heterocycles. The lowest BCUT2D eigenvalue weighted by atomic mass is 9.70. The Morgan fingerprint density at radius 2 is 1.98 bits per heavy atom. The van der Waals surface area contributed by atoms with Gasteiger partial charge in [0.15, 0.2) is 0 Å². The van der Waals surface area contributed by atoms with Crippen molar-refractivity contribution in [3.05, 3.63) is 41.4 Å². The maximum Gasteiger partial charge on any atom is 0.306 e. The molecule has 4 rings (SSSR count). The zero-order valence-corrected chi connectivity index (χ0v) is 29.2. The summed E-state index contributed by atoms with van der Waals surface area (Å²) in [5, 5.41) is 12.5. The number of carbonyl (C=O) groups is 3. The minimum atomic E-state index is -1.24. The first-order valence-corrected chi connectivity index (χ1v) is 17.9. The summed E-state index contributed by atoms with van der Waals surface area (Å²) in [4.78, 5) is 45.6. The molecule has 1 aliphatic heterocycles. The third-order valence-electron chi connectivity index (χ3n) is 10.3. The molecule has 7 atom stereocenters. The fourth-order valence-electron chi connectivity index (χ4n) is 7.09. The first-order chi connectivity index (χ1) is 21.8. The van der Waals surface area contributed by atoms with Crippen LogP contribution in [-0.4, -0.2) is 58.1 Å². The van der Waals surface area contributed by atoms with Crippen LogP contribution in [0.4, 0.5) is 0 Å². The van der Waals surface area contributed by atoms with Gasteiger partial charge in [0, 0.05) is 19.3 Å². The van der Waals surface area contributed by atoms with Gasteiger partial charge in [-0.05, 0) is 88.4 Å². The predicted molar refractivity (Wildman–Crippen MR) is 183 cm³/mol. The number of ether oxygens (including phenoxy) is 2. The predicted octanol–water partition coefficient (Wildman–Crippen LogP) is 6.98. The van der Waals surface area contributed by atoms with Crippen molar-refractivity contribution in [2.45, 2.75) is 135 Å². The van der Waals surface area contributed by atoms with Gasteiger partial charge in [-0.1, -0.05) is 45.8 Å². The van der Waals surface area contributed by atoms with Crippen LogP contribution in [0.5, 0.6) is 0 Å². The van der Waals surface area contributed by atoms with Gasteiger partial charge >= 0.3 is 5.97 Å². The molecule has 0 radical (unpaired) electrons. The minimum Gasteiger partial charge on any atom is -0.461 e. The third kappa shape index (κ3) is 8.91. The number of unbranched alkanes of at least 4 members (excludes halogenated alkanes) is 2. The monoisotopic (exact) mass is 654 g/mol. The van der Waals surface area contributed by atoms with E-state index in [0.717, 1.165) is 52.9 Å². The van der Waals surface area contributed by atoms with Gasteiger partial charge in [-0.25, -0.2) is 4.98 Å². The van der Waals surface area contributed by atoms with Gasteiger partial charge in [-0.2, -0.15) is 0 Å². The van der Waals surface area contributed by atoms with Crippen molar-refractivity contribution in [3.63, 3.8) is 0 Å². The number of benzene rings is 1. The molecule has 8 nitrogen and oxygen atoms in total. The Hall–Kier alpha value is -2.46. The second-order valence-corrected chi connectivity index (χ2v) is 15.6. The number of aliphatic hydroxyl groups is 1. The van der Waals surface area contributed by atoms with Crippen LogP contribution in [0.2, 0.25) is 0 Å². The number of rotatable bonds is 9. The SMILES string of the molecule is C=CC[C@H]1C(=O)C(C)(C)[C@@H](O)CC(=O)C[C@H](c2ccc3sc(C)nc3c2)C[C@@H]2O[C@]2(C)CCC[C@H](C)[C@@H]1OC(=O)CCCCCN. The number of nitrogens with two attached hydrogens (primary N) is 1. The first-order valence-electron chi connectivity index (χ1n) is 17.1. The number of allylic oxidation sites excluding steroid dienone is 1. The molecule has 0 bridgehead atoms. The van der Waals surface area contributed by atoms with Gasteiger partial charge in [-0.3, -0.25) is 14.4 Å². The van der Waals surface area contributed by atoms with Crippen LogP contribution >= 0.6 is 11.3 Å². The van der Waals surface area contributed by atoms with Crippen LogP contribution < -0.4 is 5.73 Å². The Kier molecular flexibility index (Phi) is 12.4. The molecule has 254 valence electrons. The molecular formula is C37H54N2O6S. The zero-order chi connectivity index (χ0) is 33.6. The number of hydrogen-bond donors (Lipinski definition) is 2. The average molecular weight is 655 g/mol. The van der Waals surface area contributed by atoms with E-state index in [9.17, 15) is 19.5 Å². The quantitative estimate of drug-likeness (QED) is 0.128. The Labute approximate surface area is 278 Å². The number of aryl methyl sites for hydroxylation is 1. The van der Waals surface area contributed by atoms with E-state index in [1.165, 1.54) is 0 Å². The Balaban J connectivity index is 1.60. The normalized spacial score (nSPS) is 30.9. The number of carbonyl (C=O) groups excluding carboxylic acids is 3. The lowest BCUT2D eigenvalue weighted by Gasteiger charge is -2.37. The van der Waals surface area contributed by atoms with Gasteiger partial charge in [0.2, 0.25) is 0 Å². The number of epoxide rings is 1. The molecule has 3 N–H and O–H groups in total. The standard InChI is InChI=1S/C37H54N2O6S/c1-7-12-28-34(44-33(42)14-9-8-10-18-38)23(2)13-11-17-37(6)32(45-37)21-26(19-27(40)22-31(41)36(4,5)35(28)43)25-15-16-30-29(20-25)39-24(3)46-30/h7,15-16,20,23,26,28,31-32,34,41H,1,8-14,17-19,21-22,38H2,2-6H3/t23-,26-,28+,31-,32-,34-,37+/m0/s1. The first kappa shape index (κ1) is 36.4. The van der Waals surface area contributed by atoms with Gasteiger partial charge in [0.25, 0.3) is 0 Å². The van der Waals surface area contributed by atoms with Crippen LogP contribution in [0.15, 0.2) is 30.9 Å². The Morgan fingerprint density at radius 3 is 2.70 bits per heavy atom. The lowest BCUT2D eigenvalue weighted by molar-refractivity contribution is -0.160. The molecule has 1 aromatic heterocycles. The average Bonchev–Trinajstić information content (AvgIpc) is 3.47. The van der Waals surface area contributed by atoms with Crippen molar-refractivity contribution in [1.29, 1.82) is 0 Å². The van der Waals surface area contributed by atoms with Crippen LogP contribution in [0, 0.1) is 24.2 Å². The second kappa shape index (κ2) is 15.6. The van der Waals surface area contributed by atoms with Crippen LogP contribution in [-0.2, 0) is 23.9 Å². The van der Waals surface area contributed by atoms with Crippen molar-refractivity contribution in [2.24, 2.45) is 23.0 Å². The fraction of sp³-hybridized carbons (Fsp3) is 0.676. The molecule has 0 amide bonds. The molecule has 1 saturated carbocycles. The summed E-state index contributed by atoms with van der Waals surface area (Å²) >= 11 is 1.65. The van der Waals surface area contributed by atoms with E-state index in [2.05, 4.69) is 36.7 Å². The number of nitrogens with zero attached hydrogens (tertiary/aromatic N) is 1. The zero-order valence-electron chi connectivity index (χ0n) is 28.4. The van der Waals surface area contributed by atoms with Gasteiger partial charge in [0.05, 0.1) is 44.4 Å². The smallest absolute Gasteiger partial charge is 0.306 e. The summed E-state index contributed by atoms with van der Waals surface area (Å²) in [6.45, 7) is 14.0. The second-order valence-electron chi connectivity index (χ2n) is 14.4. The lowest BCUT2D eigenvalue weighted by Crippen LogP contribution is -2.47. The molecular weight excluding hydrogens is 600 g/mol. The van der Waals surface area contributed by atoms with E-state index in [1.54, 1.807) is 31.3 Å². The number of esters is 1. The third-order valence-corrected chi connectivity index (χ3v) is 11.2. The minimum absolute atomic E-state index is 0.0139. The van der Waals surface area contributed by atoms with Crippen LogP contribution in [0.3, 0.4) is 0 Å². The van der Waals surface area contributed by atoms with Crippen molar-refractivity contribution >= 4 is 39.1 Å². The van der Waals surface area contributed by atoms with Crippen molar-refractivity contribution in [3.8, 4) is 0 Å². The molecule has 1 aliphatic carbocycles. The van der Waals surface area contributed by atoms with E-state index in [1.807, 2.05) is 13.8 Å². The highest BCUT2D eigenvalue weighted by Crippen LogP contribution is 2.47. The van der Waals surface area contributed by atoms with Crippen LogP contribution in [0.1, 0.15) is 115 Å². The number of Topliss-reactive ketones (excluding diaryl/α,β-unsaturated/α-hetero) is 2. The summed E-state index contributed by atoms with van der Waals surface area (Å²) in [5.74, 6) is -1.53. The van der Waals surface area contributed by atoms with Gasteiger partial charge in [-0.15, -0.1) is 17.9 Å². The van der Waals surface area contributed by atoms with E-state index in [4.69, 9.17) is 15.2 Å². The highest BCUT2D eigenvalue weighted by atomic mass is 32.1. The fourth-order valence-corrected chi connectivity index (χ4v) is 7.90. The number of hydrogen-bond acceptors (Lipinski definition) is 9. The van der Waals surface area contributed by atoms with E-state index >= 15 is 0 Å². The maximum absolute atomic E-state index is 14.3. The highest BCUT2D eigenvalue weighted by molar-refractivity contribution is 7.18. The van der Waals surface area contributed by atoms with E-state index in [-0.39, 0.29) is 60.3 Å². The summed E-state index contributed by atoms with van der Waals surface area (Å²) in [5.41, 5.74) is 6.04. The largest absolute Gasteiger partial charge is 0.461 e. The number of thiazole rings is 1. The maximum atomic E-state index is 14.3. The molecule has 0 spiro atoms. The molecule has 1 aromatic carbocycles. The van der Waals surface area contributed by atoms with Crippen molar-refractivity contribution < 1.29 is 29.0 Å². The van der Waals surface area contributed by atoms with E-state index in [0.29, 0.717) is 25.8 Å². The summed E-state index contributed by atoms with van der Waals surface area (Å²) in [6, 6.07) is 6.24. The van der Waals surface area contributed by atoms with Crippen molar-refractivity contribution in [2.75, 3.05) is 6.54 Å². The molecule has 0 unspecified atom stereocenters. The summed E-state index contributed by atoms with van der Waals surface area (Å²) in [6.07, 6.45) is 5.99. The Morgan fingerprint density at radius 1 is 1.22 bits per heavy atom. The number of ketones is 2. The summed E-state index contributed by atoms with van der Waals surface area (Å²) in [7, 11) is 0. The van der Waals surface area contributed by atoms with Crippen LogP contribution in [0.25, 0.3) is 10.2 Å².